The second-order valence-corrected chi connectivity index (χ2v) is 19.6. The highest BCUT2D eigenvalue weighted by Gasteiger charge is 2.62. The number of anilines is 1. The zero-order valence-electron chi connectivity index (χ0n) is 36.4. The number of rotatable bonds is 12. The van der Waals surface area contributed by atoms with Gasteiger partial charge in [0.05, 0.1) is 31.0 Å². The molecule has 0 bridgehead atoms. The van der Waals surface area contributed by atoms with E-state index in [1.165, 1.54) is 22.7 Å². The van der Waals surface area contributed by atoms with Crippen molar-refractivity contribution in [1.82, 2.24) is 30.4 Å². The fourth-order valence-corrected chi connectivity index (χ4v) is 11.0. The van der Waals surface area contributed by atoms with Gasteiger partial charge in [0.2, 0.25) is 11.8 Å². The van der Waals surface area contributed by atoms with Gasteiger partial charge in [0, 0.05) is 55.0 Å². The van der Waals surface area contributed by atoms with Crippen LogP contribution in [0.3, 0.4) is 0 Å². The van der Waals surface area contributed by atoms with Gasteiger partial charge in [-0.1, -0.05) is 32.1 Å². The van der Waals surface area contributed by atoms with Gasteiger partial charge in [-0.25, -0.2) is 19.6 Å². The van der Waals surface area contributed by atoms with E-state index in [4.69, 9.17) is 28.9 Å². The first-order valence-electron chi connectivity index (χ1n) is 23.1. The summed E-state index contributed by atoms with van der Waals surface area (Å²) in [5.41, 5.74) is 0.507. The fraction of sp³-hybridized carbons (Fsp3) is 0.652. The van der Waals surface area contributed by atoms with Crippen molar-refractivity contribution >= 4 is 51.2 Å². The third-order valence-electron chi connectivity index (χ3n) is 13.8. The van der Waals surface area contributed by atoms with Gasteiger partial charge in [-0.05, 0) is 82.3 Å². The number of benzene rings is 1. The number of ether oxygens (including phenoxy) is 4. The predicted molar refractivity (Wildman–Crippen MR) is 236 cm³/mol. The van der Waals surface area contributed by atoms with E-state index < -0.39 is 47.6 Å². The molecule has 340 valence electrons. The summed E-state index contributed by atoms with van der Waals surface area (Å²) in [5, 5.41) is 23.0. The Labute approximate surface area is 372 Å². The molecule has 17 heteroatoms. The average Bonchev–Trinajstić information content (AvgIpc) is 3.91. The molecule has 3 saturated carbocycles. The van der Waals surface area contributed by atoms with Crippen LogP contribution in [0.2, 0.25) is 0 Å². The Bertz CT molecular complexity index is 2150. The summed E-state index contributed by atoms with van der Waals surface area (Å²) in [7, 11) is 0. The highest BCUT2D eigenvalue weighted by molar-refractivity contribution is 7.14. The summed E-state index contributed by atoms with van der Waals surface area (Å²) in [5.74, 6) is 0.225. The molecule has 6 aliphatic rings. The van der Waals surface area contributed by atoms with Crippen molar-refractivity contribution in [2.24, 2.45) is 17.8 Å². The number of aliphatic carboxylic acids is 1. The number of nitrogens with zero attached hydrogens (tertiary/aromatic N) is 4. The minimum Gasteiger partial charge on any atom is -0.492 e. The van der Waals surface area contributed by atoms with Crippen molar-refractivity contribution in [2.75, 3.05) is 51.3 Å². The van der Waals surface area contributed by atoms with Gasteiger partial charge in [-0.3, -0.25) is 14.5 Å². The lowest BCUT2D eigenvalue weighted by atomic mass is 10.0. The van der Waals surface area contributed by atoms with Gasteiger partial charge in [0.25, 0.3) is 0 Å². The zero-order chi connectivity index (χ0) is 43.7. The van der Waals surface area contributed by atoms with E-state index in [0.29, 0.717) is 91.1 Å². The van der Waals surface area contributed by atoms with E-state index in [9.17, 15) is 24.3 Å². The molecule has 0 radical (unpaired) electrons. The number of carboxylic acid groups (broad SMARTS) is 1. The minimum absolute atomic E-state index is 0.0423. The molecule has 2 aromatic heterocycles. The van der Waals surface area contributed by atoms with E-state index >= 15 is 0 Å². The van der Waals surface area contributed by atoms with Crippen LogP contribution in [0.5, 0.6) is 11.5 Å². The minimum atomic E-state index is -1.37. The van der Waals surface area contributed by atoms with Crippen molar-refractivity contribution in [3.63, 3.8) is 0 Å². The standard InChI is InChI=1S/C46H61N7O9S/c1-27(2)47-44-49-38(26-63-44)37-23-40(34-11-10-31(21-36(34)48-37)60-17-14-52-12-15-59-16-13-52)61-33-22-39-41(54)51-46(43(56)57)24-30(46)8-6-4-3-5-7-9-35(42(55)53(39)25-33)50-45(58)62-32-19-28-18-29(28)20-32/h10-11,21,23,26-30,32-33,35,39H,3-9,12-20,22,24-25H2,1-2H3,(H,47,49)(H,50,58)(H,51,54)(H,56,57)/t28-,29+,30-,32+,33-,35+,39+,46-/m1/s1. The molecule has 0 spiro atoms. The molecule has 6 fully saturated rings. The Morgan fingerprint density at radius 3 is 2.54 bits per heavy atom. The van der Waals surface area contributed by atoms with Crippen LogP contribution in [0.15, 0.2) is 29.6 Å². The molecule has 3 amide bonds. The molecule has 1 aromatic carbocycles. The van der Waals surface area contributed by atoms with E-state index in [0.717, 1.165) is 63.3 Å². The second kappa shape index (κ2) is 18.8. The Morgan fingerprint density at radius 1 is 0.984 bits per heavy atom. The van der Waals surface area contributed by atoms with E-state index in [1.54, 1.807) is 0 Å². The largest absolute Gasteiger partial charge is 0.492 e. The number of fused-ring (bicyclic) bond motifs is 4. The van der Waals surface area contributed by atoms with Crippen LogP contribution in [0, 0.1) is 17.8 Å². The Kier molecular flexibility index (Phi) is 13.0. The van der Waals surface area contributed by atoms with Crippen LogP contribution in [0.25, 0.3) is 22.3 Å². The summed E-state index contributed by atoms with van der Waals surface area (Å²) < 4.78 is 24.4. The molecule has 63 heavy (non-hydrogen) atoms. The van der Waals surface area contributed by atoms with Crippen molar-refractivity contribution in [3.05, 3.63) is 29.6 Å². The Morgan fingerprint density at radius 2 is 1.76 bits per heavy atom. The van der Waals surface area contributed by atoms with Crippen LogP contribution < -0.4 is 25.4 Å². The lowest BCUT2D eigenvalue weighted by Crippen LogP contribution is -2.56. The van der Waals surface area contributed by atoms with Crippen LogP contribution in [0.1, 0.15) is 90.9 Å². The number of carbonyl (C=O) groups excluding carboxylic acids is 3. The van der Waals surface area contributed by atoms with Crippen molar-refractivity contribution < 1.29 is 43.2 Å². The molecule has 4 N–H and O–H groups in total. The van der Waals surface area contributed by atoms with Crippen LogP contribution in [-0.2, 0) is 23.9 Å². The molecular formula is C46H61N7O9S. The number of hydrogen-bond donors (Lipinski definition) is 4. The first kappa shape index (κ1) is 43.5. The topological polar surface area (TPSA) is 194 Å². The summed E-state index contributed by atoms with van der Waals surface area (Å²) in [4.78, 5) is 68.9. The Hall–Kier alpha value is -4.74. The molecule has 16 nitrogen and oxygen atoms in total. The SMILES string of the molecule is CC(C)Nc1nc(-c2cc(O[C@@H]3C[C@H]4C(=O)N[C@]5(C(=O)O)C[C@H]5CCCCCCC[C@H](NC(=O)O[C@@H]5C[C@@H]6C[C@@H]6C5)C(=O)N4C3)c3ccc(OCCN4CCOCC4)cc3n2)cs1. The number of aromatic nitrogens is 2. The highest BCUT2D eigenvalue weighted by atomic mass is 32.1. The number of pyridine rings is 1. The van der Waals surface area contributed by atoms with Gasteiger partial charge in [0.1, 0.15) is 53.6 Å². The number of thiazole rings is 1. The average molecular weight is 888 g/mol. The van der Waals surface area contributed by atoms with E-state index in [2.05, 4.69) is 34.7 Å². The van der Waals surface area contributed by atoms with E-state index in [1.807, 2.05) is 29.6 Å². The van der Waals surface area contributed by atoms with Gasteiger partial charge in [0.15, 0.2) is 5.13 Å². The van der Waals surface area contributed by atoms with Gasteiger partial charge < -0.3 is 44.9 Å². The molecule has 3 saturated heterocycles. The third-order valence-corrected chi connectivity index (χ3v) is 14.6. The quantitative estimate of drug-likeness (QED) is 0.170. The fourth-order valence-electron chi connectivity index (χ4n) is 10.1. The van der Waals surface area contributed by atoms with Crippen LogP contribution in [-0.4, -0.2) is 131 Å². The number of hydrogen-bond acceptors (Lipinski definition) is 13. The number of carboxylic acids is 1. The van der Waals surface area contributed by atoms with Crippen LogP contribution in [0.4, 0.5) is 9.93 Å². The zero-order valence-corrected chi connectivity index (χ0v) is 37.2. The third kappa shape index (κ3) is 10.1. The molecule has 0 unspecified atom stereocenters. The molecule has 5 heterocycles. The van der Waals surface area contributed by atoms with Crippen molar-refractivity contribution in [1.29, 1.82) is 0 Å². The summed E-state index contributed by atoms with van der Waals surface area (Å²) in [6.07, 6.45) is 7.29. The number of amides is 3. The maximum atomic E-state index is 14.8. The van der Waals surface area contributed by atoms with Gasteiger partial charge >= 0.3 is 12.1 Å². The normalized spacial score (nSPS) is 30.0. The number of carbonyl (C=O) groups is 4. The van der Waals surface area contributed by atoms with Gasteiger partial charge in [-0.2, -0.15) is 0 Å². The maximum absolute atomic E-state index is 14.8. The van der Waals surface area contributed by atoms with Crippen molar-refractivity contribution in [2.45, 2.75) is 127 Å². The molecule has 3 aromatic rings. The second-order valence-electron chi connectivity index (χ2n) is 18.8. The smallest absolute Gasteiger partial charge is 0.408 e. The molecule has 3 aliphatic carbocycles. The van der Waals surface area contributed by atoms with Crippen LogP contribution >= 0.6 is 11.3 Å². The number of nitrogens with one attached hydrogen (secondary N) is 3. The summed E-state index contributed by atoms with van der Waals surface area (Å²) in [6.45, 7) is 8.58. The number of alkyl carbamates (subject to hydrolysis) is 1. The maximum Gasteiger partial charge on any atom is 0.408 e. The molecule has 9 rings (SSSR count). The van der Waals surface area contributed by atoms with Crippen molar-refractivity contribution in [3.8, 4) is 22.9 Å². The lowest BCUT2D eigenvalue weighted by Gasteiger charge is -2.29. The first-order valence-corrected chi connectivity index (χ1v) is 24.0. The highest BCUT2D eigenvalue weighted by Crippen LogP contribution is 2.52. The number of morpholine rings is 1. The molecule has 8 atom stereocenters. The van der Waals surface area contributed by atoms with E-state index in [-0.39, 0.29) is 31.0 Å². The Balaban J connectivity index is 0.993. The summed E-state index contributed by atoms with van der Waals surface area (Å²) in [6, 6.07) is 5.76. The first-order chi connectivity index (χ1) is 30.5. The molecular weight excluding hydrogens is 827 g/mol. The predicted octanol–water partition coefficient (Wildman–Crippen LogP) is 5.84. The lowest BCUT2D eigenvalue weighted by molar-refractivity contribution is -0.146. The monoisotopic (exact) mass is 887 g/mol. The van der Waals surface area contributed by atoms with Gasteiger partial charge in [-0.15, -0.1) is 11.3 Å². The molecule has 3 aliphatic heterocycles. The summed E-state index contributed by atoms with van der Waals surface area (Å²) >= 11 is 1.48.